The van der Waals surface area contributed by atoms with Crippen molar-refractivity contribution >= 4 is 17.2 Å². The van der Waals surface area contributed by atoms with Crippen LogP contribution in [0.25, 0.3) is 5.57 Å². The van der Waals surface area contributed by atoms with E-state index in [4.69, 9.17) is 4.74 Å². The van der Waals surface area contributed by atoms with Crippen LogP contribution in [-0.2, 0) is 23.8 Å². The molecule has 4 nitrogen and oxygen atoms in total. The van der Waals surface area contributed by atoms with Gasteiger partial charge in [-0.1, -0.05) is 18.2 Å². The molecule has 0 bridgehead atoms. The number of carbonyl (C=O) groups excluding carboxylic acids is 1. The third-order valence-corrected chi connectivity index (χ3v) is 6.78. The van der Waals surface area contributed by atoms with Crippen LogP contribution in [-0.4, -0.2) is 22.7 Å². The smallest absolute Gasteiger partial charge is 0.416 e. The van der Waals surface area contributed by atoms with Gasteiger partial charge in [0.2, 0.25) is 5.91 Å². The quantitative estimate of drug-likeness (QED) is 0.621. The van der Waals surface area contributed by atoms with Crippen molar-refractivity contribution < 1.29 is 27.8 Å². The minimum atomic E-state index is -4.46. The van der Waals surface area contributed by atoms with Crippen molar-refractivity contribution in [2.45, 2.75) is 62.8 Å². The lowest BCUT2D eigenvalue weighted by molar-refractivity contribution is -0.138. The van der Waals surface area contributed by atoms with Gasteiger partial charge in [0.05, 0.1) is 11.7 Å². The number of aryl methyl sites for hydroxylation is 1. The van der Waals surface area contributed by atoms with Gasteiger partial charge >= 0.3 is 6.18 Å². The third-order valence-electron chi connectivity index (χ3n) is 6.78. The lowest BCUT2D eigenvalue weighted by atomic mass is 9.72. The van der Waals surface area contributed by atoms with Crippen LogP contribution in [0.3, 0.4) is 0 Å². The summed E-state index contributed by atoms with van der Waals surface area (Å²) in [4.78, 5) is 12.9. The average molecular weight is 443 g/mol. The third kappa shape index (κ3) is 3.90. The highest BCUT2D eigenvalue weighted by Crippen LogP contribution is 2.50. The lowest BCUT2D eigenvalue weighted by Gasteiger charge is -2.46. The first-order valence-electron chi connectivity index (χ1n) is 10.9. The van der Waals surface area contributed by atoms with Crippen LogP contribution in [0.4, 0.5) is 18.9 Å². The Morgan fingerprint density at radius 2 is 2.03 bits per heavy atom. The molecule has 0 aromatic heterocycles. The SMILES string of the molecule is O=C(C=C1CC2(CCC2)Oc2cc(C(F)(F)F)ccc21)Nc1cccc2c1CC(O)CC2. The van der Waals surface area contributed by atoms with Crippen LogP contribution in [0.1, 0.15) is 54.4 Å². The fourth-order valence-electron chi connectivity index (χ4n) is 4.95. The van der Waals surface area contributed by atoms with Crippen LogP contribution >= 0.6 is 0 Å². The zero-order valence-corrected chi connectivity index (χ0v) is 17.5. The van der Waals surface area contributed by atoms with Crippen molar-refractivity contribution in [2.24, 2.45) is 0 Å². The molecule has 1 unspecified atom stereocenters. The average Bonchev–Trinajstić information content (AvgIpc) is 2.72. The monoisotopic (exact) mass is 443 g/mol. The van der Waals surface area contributed by atoms with Gasteiger partial charge in [0.25, 0.3) is 0 Å². The number of aliphatic hydroxyl groups excluding tert-OH is 1. The van der Waals surface area contributed by atoms with E-state index in [0.29, 0.717) is 36.1 Å². The Morgan fingerprint density at radius 1 is 1.22 bits per heavy atom. The number of nitrogens with one attached hydrogen (secondary N) is 1. The first-order valence-corrected chi connectivity index (χ1v) is 10.9. The van der Waals surface area contributed by atoms with E-state index in [1.165, 1.54) is 12.1 Å². The van der Waals surface area contributed by atoms with Gasteiger partial charge in [-0.05, 0) is 67.0 Å². The topological polar surface area (TPSA) is 58.6 Å². The van der Waals surface area contributed by atoms with Gasteiger partial charge in [-0.3, -0.25) is 4.79 Å². The van der Waals surface area contributed by atoms with Crippen molar-refractivity contribution in [1.82, 2.24) is 0 Å². The molecule has 1 amide bonds. The number of rotatable bonds is 2. The molecule has 3 aliphatic rings. The minimum Gasteiger partial charge on any atom is -0.486 e. The highest BCUT2D eigenvalue weighted by molar-refractivity contribution is 6.05. The standard InChI is InChI=1S/C25H24F3NO3/c26-25(27,28)17-6-8-19-16(14-24(9-2-10-24)32-22(19)12-17)11-23(31)29-21-4-1-3-15-5-7-18(30)13-20(15)21/h1,3-4,6,8,11-12,18,30H,2,5,7,9-10,13-14H2,(H,29,31). The molecular formula is C25H24F3NO3. The number of aliphatic hydroxyl groups is 1. The van der Waals surface area contributed by atoms with Gasteiger partial charge in [0.1, 0.15) is 11.4 Å². The molecule has 168 valence electrons. The molecule has 0 saturated heterocycles. The van der Waals surface area contributed by atoms with Gasteiger partial charge in [0, 0.05) is 30.2 Å². The van der Waals surface area contributed by atoms with Gasteiger partial charge in [-0.25, -0.2) is 0 Å². The number of amides is 1. The van der Waals surface area contributed by atoms with Crippen LogP contribution in [0.15, 0.2) is 42.5 Å². The number of halogens is 3. The van der Waals surface area contributed by atoms with E-state index in [-0.39, 0.29) is 11.7 Å². The van der Waals surface area contributed by atoms with E-state index in [0.717, 1.165) is 48.9 Å². The number of anilines is 1. The zero-order valence-electron chi connectivity index (χ0n) is 17.5. The van der Waals surface area contributed by atoms with Crippen molar-refractivity contribution in [3.05, 3.63) is 64.7 Å². The van der Waals surface area contributed by atoms with E-state index in [2.05, 4.69) is 5.32 Å². The minimum absolute atomic E-state index is 0.185. The van der Waals surface area contributed by atoms with Crippen LogP contribution in [0.5, 0.6) is 5.75 Å². The molecule has 2 N–H and O–H groups in total. The second-order valence-corrected chi connectivity index (χ2v) is 9.02. The summed E-state index contributed by atoms with van der Waals surface area (Å²) >= 11 is 0. The maximum absolute atomic E-state index is 13.2. The number of fused-ring (bicyclic) bond motifs is 2. The molecule has 7 heteroatoms. The van der Waals surface area contributed by atoms with Crippen LogP contribution < -0.4 is 10.1 Å². The predicted octanol–water partition coefficient (Wildman–Crippen LogP) is 5.28. The van der Waals surface area contributed by atoms with Gasteiger partial charge in [0.15, 0.2) is 0 Å². The number of ether oxygens (including phenoxy) is 1. The second-order valence-electron chi connectivity index (χ2n) is 9.02. The van der Waals surface area contributed by atoms with E-state index in [1.54, 1.807) is 0 Å². The number of hydrogen-bond acceptors (Lipinski definition) is 3. The Bertz CT molecular complexity index is 1100. The Hall–Kier alpha value is -2.80. The van der Waals surface area contributed by atoms with E-state index >= 15 is 0 Å². The molecule has 2 aromatic carbocycles. The maximum atomic E-state index is 13.2. The Labute approximate surface area is 184 Å². The Balaban J connectivity index is 1.46. The molecule has 5 rings (SSSR count). The summed E-state index contributed by atoms with van der Waals surface area (Å²) in [7, 11) is 0. The first kappa shape index (κ1) is 21.1. The van der Waals surface area contributed by atoms with E-state index in [9.17, 15) is 23.1 Å². The van der Waals surface area contributed by atoms with Crippen molar-refractivity contribution in [3.8, 4) is 5.75 Å². The molecule has 32 heavy (non-hydrogen) atoms. The summed E-state index contributed by atoms with van der Waals surface area (Å²) in [6.07, 6.45) is 1.50. The summed E-state index contributed by atoms with van der Waals surface area (Å²) in [5, 5.41) is 13.0. The number of carbonyl (C=O) groups is 1. The summed E-state index contributed by atoms with van der Waals surface area (Å²) in [5.74, 6) is -0.152. The summed E-state index contributed by atoms with van der Waals surface area (Å²) in [6.45, 7) is 0. The van der Waals surface area contributed by atoms with Crippen molar-refractivity contribution in [3.63, 3.8) is 0 Å². The maximum Gasteiger partial charge on any atom is 0.416 e. The van der Waals surface area contributed by atoms with Gasteiger partial charge < -0.3 is 15.2 Å². The molecule has 2 aliphatic carbocycles. The second kappa shape index (κ2) is 7.66. The molecular weight excluding hydrogens is 419 g/mol. The Morgan fingerprint density at radius 3 is 2.75 bits per heavy atom. The largest absolute Gasteiger partial charge is 0.486 e. The predicted molar refractivity (Wildman–Crippen MR) is 114 cm³/mol. The highest BCUT2D eigenvalue weighted by atomic mass is 19.4. The summed E-state index contributed by atoms with van der Waals surface area (Å²) in [6, 6.07) is 9.16. The summed E-state index contributed by atoms with van der Waals surface area (Å²) in [5.41, 5.74) is 2.64. The molecule has 1 aliphatic heterocycles. The number of alkyl halides is 3. The van der Waals surface area contributed by atoms with Crippen LogP contribution in [0, 0.1) is 0 Å². The fourth-order valence-corrected chi connectivity index (χ4v) is 4.95. The molecule has 2 aromatic rings. The first-order chi connectivity index (χ1) is 15.2. The van der Waals surface area contributed by atoms with Gasteiger partial charge in [-0.15, -0.1) is 0 Å². The highest BCUT2D eigenvalue weighted by Gasteiger charge is 2.44. The normalized spacial score (nSPS) is 22.5. The molecule has 1 saturated carbocycles. The molecule has 1 atom stereocenters. The fraction of sp³-hybridized carbons (Fsp3) is 0.400. The number of hydrogen-bond donors (Lipinski definition) is 2. The summed E-state index contributed by atoms with van der Waals surface area (Å²) < 4.78 is 45.6. The van der Waals surface area contributed by atoms with Gasteiger partial charge in [-0.2, -0.15) is 13.2 Å². The molecule has 0 radical (unpaired) electrons. The van der Waals surface area contributed by atoms with Crippen molar-refractivity contribution in [2.75, 3.05) is 5.32 Å². The molecule has 1 heterocycles. The zero-order chi connectivity index (χ0) is 22.5. The van der Waals surface area contributed by atoms with Crippen LogP contribution in [0.2, 0.25) is 0 Å². The lowest BCUT2D eigenvalue weighted by Crippen LogP contribution is -2.45. The number of benzene rings is 2. The van der Waals surface area contributed by atoms with E-state index in [1.807, 2.05) is 18.2 Å². The van der Waals surface area contributed by atoms with Crippen molar-refractivity contribution in [1.29, 1.82) is 0 Å². The molecule has 1 fully saturated rings. The van der Waals surface area contributed by atoms with E-state index < -0.39 is 23.4 Å². The molecule has 1 spiro atoms. The Kier molecular flexibility index (Phi) is 5.04.